The normalized spacial score (nSPS) is 23.6. The van der Waals surface area contributed by atoms with E-state index in [9.17, 15) is 19.8 Å². The van der Waals surface area contributed by atoms with Gasteiger partial charge >= 0.3 is 11.9 Å². The van der Waals surface area contributed by atoms with E-state index in [1.165, 1.54) is 0 Å². The van der Waals surface area contributed by atoms with Gasteiger partial charge in [0.15, 0.2) is 12.2 Å². The second kappa shape index (κ2) is 14.0. The molecule has 1 saturated carbocycles. The van der Waals surface area contributed by atoms with Crippen molar-refractivity contribution in [3.8, 4) is 0 Å². The molecule has 0 aliphatic heterocycles. The van der Waals surface area contributed by atoms with E-state index in [2.05, 4.69) is 0 Å². The van der Waals surface area contributed by atoms with Crippen LogP contribution in [0.4, 0.5) is 0 Å². The van der Waals surface area contributed by atoms with E-state index in [1.54, 1.807) is 60.7 Å². The molecular formula is C34H32O8. The molecule has 8 heteroatoms. The number of hydrogen-bond acceptors (Lipinski definition) is 8. The Kier molecular flexibility index (Phi) is 9.74. The lowest BCUT2D eigenvalue weighted by Gasteiger charge is -2.46. The van der Waals surface area contributed by atoms with Gasteiger partial charge in [-0.1, -0.05) is 97.1 Å². The predicted octanol–water partition coefficient (Wildman–Crippen LogP) is 4.34. The Hall–Kier alpha value is -4.34. The molecule has 216 valence electrons. The van der Waals surface area contributed by atoms with E-state index < -0.39 is 48.6 Å². The van der Waals surface area contributed by atoms with Gasteiger partial charge in [-0.25, -0.2) is 9.59 Å². The third kappa shape index (κ3) is 7.10. The Morgan fingerprint density at radius 3 is 1.12 bits per heavy atom. The summed E-state index contributed by atoms with van der Waals surface area (Å²) in [5.74, 6) is -1.42. The third-order valence-corrected chi connectivity index (χ3v) is 7.07. The summed E-state index contributed by atoms with van der Waals surface area (Å²) in [6.07, 6.45) is -8.22. The topological polar surface area (TPSA) is 112 Å². The summed E-state index contributed by atoms with van der Waals surface area (Å²) >= 11 is 0. The Bertz CT molecular complexity index is 1300. The molecule has 1 aliphatic carbocycles. The van der Waals surface area contributed by atoms with E-state index >= 15 is 0 Å². The molecule has 0 aromatic heterocycles. The lowest BCUT2D eigenvalue weighted by molar-refractivity contribution is -0.249. The van der Waals surface area contributed by atoms with Crippen molar-refractivity contribution in [2.24, 2.45) is 0 Å². The van der Waals surface area contributed by atoms with Crippen molar-refractivity contribution in [2.45, 2.75) is 49.8 Å². The zero-order chi connectivity index (χ0) is 29.3. The number of rotatable bonds is 10. The highest BCUT2D eigenvalue weighted by atomic mass is 16.6. The van der Waals surface area contributed by atoms with Crippen LogP contribution in [0.15, 0.2) is 121 Å². The number of aliphatic hydroxyl groups is 2. The van der Waals surface area contributed by atoms with Gasteiger partial charge in [-0.05, 0) is 35.4 Å². The standard InChI is InChI=1S/C34H32O8/c35-27-28(36)30(40-22-24-15-7-2-8-16-24)32(42-34(38)26-19-11-4-12-20-26)31(41-33(37)25-17-9-3-10-18-25)29(27)39-21-23-13-5-1-6-14-23/h1-20,27-32,35-36H,21-22H2/t27-,28+,29-,30-,31+,32-/m0/s1. The van der Waals surface area contributed by atoms with Gasteiger partial charge in [0.25, 0.3) is 0 Å². The van der Waals surface area contributed by atoms with E-state index in [-0.39, 0.29) is 24.3 Å². The van der Waals surface area contributed by atoms with Crippen molar-refractivity contribution in [1.29, 1.82) is 0 Å². The van der Waals surface area contributed by atoms with Crippen LogP contribution in [0, 0.1) is 0 Å². The van der Waals surface area contributed by atoms with Crippen LogP contribution in [0.1, 0.15) is 31.8 Å². The maximum atomic E-state index is 13.3. The number of ether oxygens (including phenoxy) is 4. The molecule has 0 bridgehead atoms. The van der Waals surface area contributed by atoms with Crippen molar-refractivity contribution < 1.29 is 38.7 Å². The Balaban J connectivity index is 1.49. The summed E-state index contributed by atoms with van der Waals surface area (Å²) < 4.78 is 24.1. The average molecular weight is 569 g/mol. The fourth-order valence-electron chi connectivity index (χ4n) is 4.87. The summed E-state index contributed by atoms with van der Waals surface area (Å²) in [5.41, 5.74) is 2.12. The first-order valence-electron chi connectivity index (χ1n) is 13.7. The number of aliphatic hydroxyl groups excluding tert-OH is 2. The van der Waals surface area contributed by atoms with Crippen LogP contribution in [0.5, 0.6) is 0 Å². The van der Waals surface area contributed by atoms with E-state index in [1.807, 2.05) is 60.7 Å². The maximum absolute atomic E-state index is 13.3. The van der Waals surface area contributed by atoms with Gasteiger partial charge in [0.1, 0.15) is 24.4 Å². The van der Waals surface area contributed by atoms with Gasteiger partial charge in [0, 0.05) is 0 Å². The molecule has 5 rings (SSSR count). The van der Waals surface area contributed by atoms with Gasteiger partial charge in [-0.15, -0.1) is 0 Å². The highest BCUT2D eigenvalue weighted by Gasteiger charge is 2.55. The summed E-state index contributed by atoms with van der Waals surface area (Å²) in [5, 5.41) is 22.6. The van der Waals surface area contributed by atoms with Gasteiger partial charge in [-0.2, -0.15) is 0 Å². The molecular weight excluding hydrogens is 536 g/mol. The fraction of sp³-hybridized carbons (Fsp3) is 0.235. The van der Waals surface area contributed by atoms with Crippen molar-refractivity contribution in [2.75, 3.05) is 0 Å². The second-order valence-corrected chi connectivity index (χ2v) is 9.98. The SMILES string of the molecule is O=C(O[C@@H]1[C@H](OC(=O)c2ccccc2)[C@@H](OCc2ccccc2)[C@@H](O)[C@@H](O)[C@@H]1OCc1ccccc1)c1ccccc1. The highest BCUT2D eigenvalue weighted by molar-refractivity contribution is 5.90. The molecule has 4 aromatic carbocycles. The lowest BCUT2D eigenvalue weighted by atomic mass is 9.84. The second-order valence-electron chi connectivity index (χ2n) is 9.98. The minimum Gasteiger partial charge on any atom is -0.452 e. The van der Waals surface area contributed by atoms with Crippen LogP contribution in [0.3, 0.4) is 0 Å². The molecule has 2 N–H and O–H groups in total. The van der Waals surface area contributed by atoms with E-state index in [0.717, 1.165) is 11.1 Å². The van der Waals surface area contributed by atoms with Crippen LogP contribution in [0.25, 0.3) is 0 Å². The largest absolute Gasteiger partial charge is 0.452 e. The van der Waals surface area contributed by atoms with Crippen molar-refractivity contribution >= 4 is 11.9 Å². The number of carbonyl (C=O) groups is 2. The predicted molar refractivity (Wildman–Crippen MR) is 153 cm³/mol. The monoisotopic (exact) mass is 568 g/mol. The first-order valence-corrected chi connectivity index (χ1v) is 13.7. The number of carbonyl (C=O) groups excluding carboxylic acids is 2. The molecule has 8 nitrogen and oxygen atoms in total. The van der Waals surface area contributed by atoms with Crippen molar-refractivity contribution in [1.82, 2.24) is 0 Å². The molecule has 0 spiro atoms. The minimum absolute atomic E-state index is 0.0452. The zero-order valence-corrected chi connectivity index (χ0v) is 22.8. The van der Waals surface area contributed by atoms with Crippen LogP contribution < -0.4 is 0 Å². The van der Waals surface area contributed by atoms with Crippen molar-refractivity contribution in [3.05, 3.63) is 144 Å². The first kappa shape index (κ1) is 29.2. The van der Waals surface area contributed by atoms with Crippen LogP contribution in [-0.4, -0.2) is 58.8 Å². The zero-order valence-electron chi connectivity index (χ0n) is 22.8. The molecule has 0 saturated heterocycles. The summed E-state index contributed by atoms with van der Waals surface area (Å²) in [7, 11) is 0. The van der Waals surface area contributed by atoms with Gasteiger partial charge < -0.3 is 29.2 Å². The van der Waals surface area contributed by atoms with Gasteiger partial charge in [0.2, 0.25) is 0 Å². The molecule has 1 aliphatic rings. The molecule has 0 amide bonds. The minimum atomic E-state index is -1.53. The molecule has 0 heterocycles. The van der Waals surface area contributed by atoms with Gasteiger partial charge in [-0.3, -0.25) is 0 Å². The Morgan fingerprint density at radius 2 is 0.786 bits per heavy atom. The van der Waals surface area contributed by atoms with E-state index in [4.69, 9.17) is 18.9 Å². The highest BCUT2D eigenvalue weighted by Crippen LogP contribution is 2.33. The maximum Gasteiger partial charge on any atom is 0.338 e. The summed E-state index contributed by atoms with van der Waals surface area (Å²) in [6, 6.07) is 35.1. The smallest absolute Gasteiger partial charge is 0.338 e. The Labute approximate surface area is 244 Å². The average Bonchev–Trinajstić information content (AvgIpc) is 3.04. The van der Waals surface area contributed by atoms with Crippen molar-refractivity contribution in [3.63, 3.8) is 0 Å². The summed E-state index contributed by atoms with van der Waals surface area (Å²) in [4.78, 5) is 26.6. The van der Waals surface area contributed by atoms with E-state index in [0.29, 0.717) is 0 Å². The summed E-state index contributed by atoms with van der Waals surface area (Å²) in [6.45, 7) is 0.0904. The quantitative estimate of drug-likeness (QED) is 0.272. The molecule has 42 heavy (non-hydrogen) atoms. The first-order chi connectivity index (χ1) is 20.5. The molecule has 0 radical (unpaired) electrons. The van der Waals surface area contributed by atoms with Crippen LogP contribution in [-0.2, 0) is 32.2 Å². The molecule has 1 fully saturated rings. The fourth-order valence-corrected chi connectivity index (χ4v) is 4.87. The Morgan fingerprint density at radius 1 is 0.476 bits per heavy atom. The number of esters is 2. The molecule has 4 aromatic rings. The van der Waals surface area contributed by atoms with Gasteiger partial charge in [0.05, 0.1) is 24.3 Å². The lowest BCUT2D eigenvalue weighted by Crippen LogP contribution is -2.66. The molecule has 0 unspecified atom stereocenters. The van der Waals surface area contributed by atoms with Crippen LogP contribution >= 0.6 is 0 Å². The molecule has 6 atom stereocenters. The number of benzene rings is 4. The van der Waals surface area contributed by atoms with Crippen LogP contribution in [0.2, 0.25) is 0 Å². The number of hydrogen-bond donors (Lipinski definition) is 2. The third-order valence-electron chi connectivity index (χ3n) is 7.07.